The number of nitrogens with zero attached hydrogens (tertiary/aromatic N) is 4. The van der Waals surface area contributed by atoms with Gasteiger partial charge in [-0.2, -0.15) is 5.10 Å². The van der Waals surface area contributed by atoms with Gasteiger partial charge in [-0.05, 0) is 50.2 Å². The quantitative estimate of drug-likeness (QED) is 0.382. The van der Waals surface area contributed by atoms with Crippen LogP contribution in [0.15, 0.2) is 41.2 Å². The zero-order valence-electron chi connectivity index (χ0n) is 20.4. The van der Waals surface area contributed by atoms with Crippen LogP contribution in [-0.4, -0.2) is 49.6 Å². The summed E-state index contributed by atoms with van der Waals surface area (Å²) in [5, 5.41) is 14.3. The molecular formula is C26H24ClN7O3. The molecule has 0 aliphatic carbocycles. The number of nitrogens with one attached hydrogen (secondary N) is 3. The van der Waals surface area contributed by atoms with Crippen molar-refractivity contribution in [2.75, 3.05) is 12.4 Å². The van der Waals surface area contributed by atoms with Crippen molar-refractivity contribution in [2.24, 2.45) is 0 Å². The first-order chi connectivity index (χ1) is 17.8. The minimum absolute atomic E-state index is 0.00248. The van der Waals surface area contributed by atoms with Gasteiger partial charge in [0, 0.05) is 46.6 Å². The molecule has 0 fully saturated rings. The number of anilines is 1. The summed E-state index contributed by atoms with van der Waals surface area (Å²) in [6.07, 6.45) is 0.272. The molecule has 2 aliphatic heterocycles. The third-order valence-corrected chi connectivity index (χ3v) is 7.23. The van der Waals surface area contributed by atoms with Gasteiger partial charge in [-0.15, -0.1) is 0 Å². The smallest absolute Gasteiger partial charge is 0.275 e. The van der Waals surface area contributed by atoms with Crippen molar-refractivity contribution in [3.8, 4) is 5.69 Å². The highest BCUT2D eigenvalue weighted by Gasteiger charge is 2.42. The van der Waals surface area contributed by atoms with E-state index in [1.165, 1.54) is 4.57 Å². The summed E-state index contributed by atoms with van der Waals surface area (Å²) in [5.41, 5.74) is 3.76. The summed E-state index contributed by atoms with van der Waals surface area (Å²) < 4.78 is 1.53. The summed E-state index contributed by atoms with van der Waals surface area (Å²) in [4.78, 5) is 46.0. The SMILES string of the molecule is CNC(=O)c1ccc(-n2c(NC(C)C)nc3c(c2=O)C[C@H]2c4c(Cl)ccc5[nH]nc(c45)C(=O)N2C3)cc1. The van der Waals surface area contributed by atoms with Gasteiger partial charge in [0.25, 0.3) is 17.4 Å². The minimum atomic E-state index is -0.413. The van der Waals surface area contributed by atoms with Crippen LogP contribution in [0.5, 0.6) is 0 Å². The van der Waals surface area contributed by atoms with E-state index in [2.05, 4.69) is 20.8 Å². The molecule has 188 valence electrons. The van der Waals surface area contributed by atoms with Crippen LogP contribution in [0.4, 0.5) is 5.95 Å². The molecule has 2 aromatic heterocycles. The van der Waals surface area contributed by atoms with Gasteiger partial charge in [0.15, 0.2) is 5.69 Å². The van der Waals surface area contributed by atoms with Gasteiger partial charge >= 0.3 is 0 Å². The largest absolute Gasteiger partial charge is 0.355 e. The molecule has 1 atom stereocenters. The first-order valence-electron chi connectivity index (χ1n) is 12.0. The molecule has 11 heteroatoms. The number of H-pyrrole nitrogens is 1. The topological polar surface area (TPSA) is 125 Å². The van der Waals surface area contributed by atoms with Crippen LogP contribution in [-0.2, 0) is 13.0 Å². The number of hydrogen-bond donors (Lipinski definition) is 3. The number of halogens is 1. The van der Waals surface area contributed by atoms with E-state index in [1.54, 1.807) is 48.3 Å². The fourth-order valence-corrected chi connectivity index (χ4v) is 5.50. The van der Waals surface area contributed by atoms with Crippen LogP contribution in [0.3, 0.4) is 0 Å². The monoisotopic (exact) mass is 517 g/mol. The van der Waals surface area contributed by atoms with Crippen LogP contribution in [0, 0.1) is 0 Å². The van der Waals surface area contributed by atoms with Gasteiger partial charge in [-0.1, -0.05) is 11.6 Å². The summed E-state index contributed by atoms with van der Waals surface area (Å²) >= 11 is 6.64. The van der Waals surface area contributed by atoms with Crippen LogP contribution in [0.2, 0.25) is 5.02 Å². The van der Waals surface area contributed by atoms with E-state index < -0.39 is 6.04 Å². The Morgan fingerprint density at radius 2 is 1.92 bits per heavy atom. The van der Waals surface area contributed by atoms with E-state index in [0.717, 1.165) is 11.1 Å². The van der Waals surface area contributed by atoms with Gasteiger partial charge in [-0.25, -0.2) is 9.55 Å². The van der Waals surface area contributed by atoms with Crippen LogP contribution >= 0.6 is 11.6 Å². The lowest BCUT2D eigenvalue weighted by Gasteiger charge is -2.39. The van der Waals surface area contributed by atoms with Crippen LogP contribution < -0.4 is 16.2 Å². The highest BCUT2D eigenvalue weighted by molar-refractivity contribution is 6.33. The zero-order chi connectivity index (χ0) is 26.0. The van der Waals surface area contributed by atoms with E-state index in [-0.39, 0.29) is 36.4 Å². The Hall–Kier alpha value is -4.18. The van der Waals surface area contributed by atoms with Crippen molar-refractivity contribution >= 4 is 40.3 Å². The molecular weight excluding hydrogens is 494 g/mol. The molecule has 2 amide bonds. The highest BCUT2D eigenvalue weighted by Crippen LogP contribution is 2.44. The number of rotatable bonds is 4. The minimum Gasteiger partial charge on any atom is -0.355 e. The Bertz CT molecular complexity index is 1660. The molecule has 0 bridgehead atoms. The molecule has 4 heterocycles. The Balaban J connectivity index is 1.52. The second-order valence-corrected chi connectivity index (χ2v) is 9.94. The van der Waals surface area contributed by atoms with Gasteiger partial charge in [0.05, 0.1) is 29.5 Å². The maximum atomic E-state index is 14.0. The third kappa shape index (κ3) is 3.51. The number of carbonyl (C=O) groups is 2. The average molecular weight is 518 g/mol. The number of amides is 2. The Labute approximate surface area is 216 Å². The molecule has 0 spiro atoms. The van der Waals surface area contributed by atoms with E-state index in [1.807, 2.05) is 13.8 Å². The Morgan fingerprint density at radius 1 is 1.16 bits per heavy atom. The lowest BCUT2D eigenvalue weighted by atomic mass is 9.87. The van der Waals surface area contributed by atoms with E-state index in [0.29, 0.717) is 44.6 Å². The number of fused-ring (bicyclic) bond motifs is 3. The molecule has 6 rings (SSSR count). The van der Waals surface area contributed by atoms with Crippen LogP contribution in [0.1, 0.15) is 57.6 Å². The predicted octanol–water partition coefficient (Wildman–Crippen LogP) is 3.20. The van der Waals surface area contributed by atoms with E-state index in [9.17, 15) is 14.4 Å². The number of benzene rings is 2. The van der Waals surface area contributed by atoms with Gasteiger partial charge in [0.1, 0.15) is 0 Å². The molecule has 3 N–H and O–H groups in total. The van der Waals surface area contributed by atoms with Crippen LogP contribution in [0.25, 0.3) is 16.6 Å². The Morgan fingerprint density at radius 3 is 2.62 bits per heavy atom. The summed E-state index contributed by atoms with van der Waals surface area (Å²) in [6.45, 7) is 4.07. The summed E-state index contributed by atoms with van der Waals surface area (Å²) in [5.74, 6) is -0.0598. The van der Waals surface area contributed by atoms with E-state index in [4.69, 9.17) is 16.6 Å². The molecule has 2 aromatic carbocycles. The lowest BCUT2D eigenvalue weighted by molar-refractivity contribution is 0.0617. The van der Waals surface area contributed by atoms with Crippen molar-refractivity contribution in [3.63, 3.8) is 0 Å². The molecule has 10 nitrogen and oxygen atoms in total. The number of carbonyl (C=O) groups excluding carboxylic acids is 2. The second kappa shape index (κ2) is 8.45. The second-order valence-electron chi connectivity index (χ2n) is 9.54. The molecule has 0 unspecified atom stereocenters. The number of aromatic amines is 1. The zero-order valence-corrected chi connectivity index (χ0v) is 21.2. The lowest BCUT2D eigenvalue weighted by Crippen LogP contribution is -2.45. The van der Waals surface area contributed by atoms with Crippen molar-refractivity contribution in [2.45, 2.75) is 38.9 Å². The van der Waals surface area contributed by atoms with E-state index >= 15 is 0 Å². The molecule has 4 aromatic rings. The van der Waals surface area contributed by atoms with Crippen molar-refractivity contribution in [1.29, 1.82) is 0 Å². The summed E-state index contributed by atoms with van der Waals surface area (Å²) in [7, 11) is 1.57. The van der Waals surface area contributed by atoms with Gasteiger partial charge < -0.3 is 15.5 Å². The normalized spacial score (nSPS) is 16.1. The maximum absolute atomic E-state index is 14.0. The first-order valence-corrected chi connectivity index (χ1v) is 12.4. The standard InChI is InChI=1S/C26H24ClN7O3/c1-12(2)29-26-30-18-11-33-19(20-16(27)8-9-17-21(20)22(25(33)37)32-31-17)10-15(18)24(36)34(26)14-6-4-13(5-7-14)23(35)28-3/h4-9,12,19H,10-11H2,1-3H3,(H,28,35)(H,29,30)(H,31,32)/t19-/m0/s1. The molecule has 2 aliphatic rings. The number of aromatic nitrogens is 4. The highest BCUT2D eigenvalue weighted by atomic mass is 35.5. The Kier molecular flexibility index (Phi) is 5.30. The average Bonchev–Trinajstić information content (AvgIpc) is 3.31. The van der Waals surface area contributed by atoms with Crippen molar-refractivity contribution in [1.82, 2.24) is 30.0 Å². The first kappa shape index (κ1) is 23.2. The van der Waals surface area contributed by atoms with Crippen molar-refractivity contribution < 1.29 is 9.59 Å². The maximum Gasteiger partial charge on any atom is 0.275 e. The summed E-state index contributed by atoms with van der Waals surface area (Å²) in [6, 6.07) is 9.95. The number of hydrogen-bond acceptors (Lipinski definition) is 6. The molecule has 0 saturated heterocycles. The fraction of sp³-hybridized carbons (Fsp3) is 0.269. The fourth-order valence-electron chi connectivity index (χ4n) is 5.21. The third-order valence-electron chi connectivity index (χ3n) is 6.90. The van der Waals surface area contributed by atoms with Gasteiger partial charge in [-0.3, -0.25) is 19.5 Å². The molecule has 37 heavy (non-hydrogen) atoms. The predicted molar refractivity (Wildman–Crippen MR) is 139 cm³/mol. The van der Waals surface area contributed by atoms with Crippen molar-refractivity contribution in [3.05, 3.63) is 79.9 Å². The molecule has 0 radical (unpaired) electrons. The molecule has 0 saturated carbocycles. The van der Waals surface area contributed by atoms with Gasteiger partial charge in [0.2, 0.25) is 5.95 Å².